The van der Waals surface area contributed by atoms with Crippen LogP contribution < -0.4 is 0 Å². The summed E-state index contributed by atoms with van der Waals surface area (Å²) in [6.45, 7) is 0. The normalized spacial score (nSPS) is 10.4. The minimum atomic E-state index is -0.390. The van der Waals surface area contributed by atoms with Crippen LogP contribution in [0.25, 0.3) is 11.0 Å². The number of halogens is 1. The van der Waals surface area contributed by atoms with E-state index in [0.717, 1.165) is 9.99 Å². The van der Waals surface area contributed by atoms with Crippen LogP contribution in [-0.2, 0) is 4.74 Å². The van der Waals surface area contributed by atoms with Gasteiger partial charge in [-0.1, -0.05) is 0 Å². The Balaban J connectivity index is 2.56. The minimum absolute atomic E-state index is 0.390. The molecule has 0 aliphatic rings. The predicted molar refractivity (Wildman–Crippen MR) is 55.1 cm³/mol. The highest BCUT2D eigenvalue weighted by molar-refractivity contribution is 9.10. The number of esters is 1. The lowest BCUT2D eigenvalue weighted by atomic mass is 10.3. The fourth-order valence-electron chi connectivity index (χ4n) is 1.20. The van der Waals surface area contributed by atoms with Crippen molar-refractivity contribution in [3.8, 4) is 0 Å². The van der Waals surface area contributed by atoms with Gasteiger partial charge in [-0.3, -0.25) is 0 Å². The molecule has 0 saturated carbocycles. The van der Waals surface area contributed by atoms with E-state index in [-0.39, 0.29) is 5.97 Å². The van der Waals surface area contributed by atoms with Crippen molar-refractivity contribution in [3.05, 3.63) is 28.5 Å². The zero-order chi connectivity index (χ0) is 10.1. The highest BCUT2D eigenvalue weighted by Crippen LogP contribution is 2.16. The summed E-state index contributed by atoms with van der Waals surface area (Å²) in [7, 11) is 1.34. The molecule has 0 aliphatic heterocycles. The number of carbonyl (C=O) groups is 1. The lowest BCUT2D eigenvalue weighted by Gasteiger charge is -1.92. The summed E-state index contributed by atoms with van der Waals surface area (Å²) >= 11 is 3.25. The molecule has 2 aromatic heterocycles. The highest BCUT2D eigenvalue weighted by atomic mass is 79.9. The van der Waals surface area contributed by atoms with Crippen molar-refractivity contribution in [3.63, 3.8) is 0 Å². The van der Waals surface area contributed by atoms with E-state index in [4.69, 9.17) is 0 Å². The summed E-state index contributed by atoms with van der Waals surface area (Å²) in [5.74, 6) is -0.390. The van der Waals surface area contributed by atoms with Gasteiger partial charge in [0.15, 0.2) is 0 Å². The topological polar surface area (TPSA) is 55.0 Å². The second-order valence-corrected chi connectivity index (χ2v) is 3.56. The first-order valence-corrected chi connectivity index (χ1v) is 4.73. The van der Waals surface area contributed by atoms with Crippen LogP contribution in [0, 0.1) is 0 Å². The fraction of sp³-hybridized carbons (Fsp3) is 0.111. The van der Waals surface area contributed by atoms with Crippen LogP contribution >= 0.6 is 15.9 Å². The van der Waals surface area contributed by atoms with E-state index < -0.39 is 0 Å². The molecule has 2 rings (SSSR count). The second kappa shape index (κ2) is 3.42. The Kier molecular flexibility index (Phi) is 2.25. The second-order valence-electron chi connectivity index (χ2n) is 2.75. The van der Waals surface area contributed by atoms with Crippen molar-refractivity contribution in [2.75, 3.05) is 7.11 Å². The molecular formula is C9H7BrN2O2. The molecule has 14 heavy (non-hydrogen) atoms. The Morgan fingerprint density at radius 2 is 2.36 bits per heavy atom. The third-order valence-corrected chi connectivity index (χ3v) is 2.29. The predicted octanol–water partition coefficient (Wildman–Crippen LogP) is 2.11. The maximum Gasteiger partial charge on any atom is 0.354 e. The SMILES string of the molecule is COC(=O)c1cc2ccc(Br)nc2[nH]1. The van der Waals surface area contributed by atoms with Gasteiger partial charge in [0.25, 0.3) is 0 Å². The maximum atomic E-state index is 11.2. The average molecular weight is 255 g/mol. The number of fused-ring (bicyclic) bond motifs is 1. The monoisotopic (exact) mass is 254 g/mol. The third-order valence-electron chi connectivity index (χ3n) is 1.85. The number of H-pyrrole nitrogens is 1. The van der Waals surface area contributed by atoms with Crippen LogP contribution in [-0.4, -0.2) is 23.0 Å². The smallest absolute Gasteiger partial charge is 0.354 e. The summed E-state index contributed by atoms with van der Waals surface area (Å²) in [5, 5.41) is 0.883. The van der Waals surface area contributed by atoms with E-state index in [1.54, 1.807) is 6.07 Å². The summed E-state index contributed by atoms with van der Waals surface area (Å²) in [5.41, 5.74) is 1.08. The van der Waals surface area contributed by atoms with Gasteiger partial charge >= 0.3 is 5.97 Å². The zero-order valence-electron chi connectivity index (χ0n) is 7.37. The van der Waals surface area contributed by atoms with Crippen molar-refractivity contribution in [2.45, 2.75) is 0 Å². The van der Waals surface area contributed by atoms with Crippen molar-refractivity contribution in [2.24, 2.45) is 0 Å². The molecule has 0 aliphatic carbocycles. The molecule has 0 spiro atoms. The van der Waals surface area contributed by atoms with Crippen molar-refractivity contribution in [1.82, 2.24) is 9.97 Å². The molecule has 4 nitrogen and oxygen atoms in total. The van der Waals surface area contributed by atoms with Crippen molar-refractivity contribution < 1.29 is 9.53 Å². The van der Waals surface area contributed by atoms with E-state index >= 15 is 0 Å². The zero-order valence-corrected chi connectivity index (χ0v) is 8.96. The third kappa shape index (κ3) is 1.50. The van der Waals surface area contributed by atoms with Crippen LogP contribution in [0.2, 0.25) is 0 Å². The van der Waals surface area contributed by atoms with Gasteiger partial charge in [-0.2, -0.15) is 0 Å². The first-order valence-electron chi connectivity index (χ1n) is 3.94. The van der Waals surface area contributed by atoms with Gasteiger partial charge in [0.2, 0.25) is 0 Å². The molecular weight excluding hydrogens is 248 g/mol. The number of nitrogens with zero attached hydrogens (tertiary/aromatic N) is 1. The molecule has 0 aromatic carbocycles. The van der Waals surface area contributed by atoms with E-state index in [1.165, 1.54) is 7.11 Å². The number of hydrogen-bond donors (Lipinski definition) is 1. The Bertz CT molecular complexity index is 493. The van der Waals surface area contributed by atoms with E-state index in [1.807, 2.05) is 12.1 Å². The number of nitrogens with one attached hydrogen (secondary N) is 1. The lowest BCUT2D eigenvalue weighted by Crippen LogP contribution is -2.00. The number of carbonyl (C=O) groups excluding carboxylic acids is 1. The maximum absolute atomic E-state index is 11.2. The lowest BCUT2D eigenvalue weighted by molar-refractivity contribution is 0.0595. The van der Waals surface area contributed by atoms with Crippen LogP contribution in [0.3, 0.4) is 0 Å². The molecule has 72 valence electrons. The number of aromatic amines is 1. The van der Waals surface area contributed by atoms with E-state index in [9.17, 15) is 4.79 Å². The fourth-order valence-corrected chi connectivity index (χ4v) is 1.51. The number of aromatic nitrogens is 2. The van der Waals surface area contributed by atoms with Gasteiger partial charge in [0.05, 0.1) is 7.11 Å². The molecule has 0 fully saturated rings. The Hall–Kier alpha value is -1.36. The van der Waals surface area contributed by atoms with Crippen LogP contribution in [0.4, 0.5) is 0 Å². The van der Waals surface area contributed by atoms with Gasteiger partial charge < -0.3 is 9.72 Å². The molecule has 0 saturated heterocycles. The molecule has 2 aromatic rings. The Labute approximate surface area is 88.4 Å². The average Bonchev–Trinajstić information content (AvgIpc) is 2.59. The Morgan fingerprint density at radius 3 is 3.07 bits per heavy atom. The van der Waals surface area contributed by atoms with Crippen LogP contribution in [0.1, 0.15) is 10.5 Å². The number of methoxy groups -OCH3 is 1. The summed E-state index contributed by atoms with van der Waals surface area (Å²) < 4.78 is 5.31. The molecule has 5 heteroatoms. The van der Waals surface area contributed by atoms with Gasteiger partial charge in [0, 0.05) is 5.39 Å². The van der Waals surface area contributed by atoms with Crippen LogP contribution in [0.5, 0.6) is 0 Å². The number of pyridine rings is 1. The summed E-state index contributed by atoms with van der Waals surface area (Å²) in [4.78, 5) is 18.2. The molecule has 0 amide bonds. The number of ether oxygens (including phenoxy) is 1. The first kappa shape index (κ1) is 9.21. The standard InChI is InChI=1S/C9H7BrN2O2/c1-14-9(13)6-4-5-2-3-7(10)12-8(5)11-6/h2-4H,1H3,(H,11,12). The Morgan fingerprint density at radius 1 is 1.57 bits per heavy atom. The molecule has 2 heterocycles. The van der Waals surface area contributed by atoms with Crippen molar-refractivity contribution in [1.29, 1.82) is 0 Å². The van der Waals surface area contributed by atoms with Crippen molar-refractivity contribution >= 4 is 32.9 Å². The molecule has 0 radical (unpaired) electrons. The van der Waals surface area contributed by atoms with E-state index in [2.05, 4.69) is 30.6 Å². The van der Waals surface area contributed by atoms with E-state index in [0.29, 0.717) is 11.3 Å². The molecule has 0 atom stereocenters. The minimum Gasteiger partial charge on any atom is -0.464 e. The summed E-state index contributed by atoms with van der Waals surface area (Å²) in [6.07, 6.45) is 0. The molecule has 0 unspecified atom stereocenters. The first-order chi connectivity index (χ1) is 6.70. The van der Waals surface area contributed by atoms with Gasteiger partial charge in [-0.05, 0) is 34.1 Å². The number of hydrogen-bond acceptors (Lipinski definition) is 3. The largest absolute Gasteiger partial charge is 0.464 e. The highest BCUT2D eigenvalue weighted by Gasteiger charge is 2.09. The van der Waals surface area contributed by atoms with Gasteiger partial charge in [0.1, 0.15) is 15.9 Å². The summed E-state index contributed by atoms with van der Waals surface area (Å²) in [6, 6.07) is 5.40. The molecule has 0 bridgehead atoms. The van der Waals surface area contributed by atoms with Gasteiger partial charge in [-0.15, -0.1) is 0 Å². The molecule has 1 N–H and O–H groups in total. The quantitative estimate of drug-likeness (QED) is 0.627. The van der Waals surface area contributed by atoms with Gasteiger partial charge in [-0.25, -0.2) is 9.78 Å². The van der Waals surface area contributed by atoms with Crippen LogP contribution in [0.15, 0.2) is 22.8 Å². The number of rotatable bonds is 1.